The topological polar surface area (TPSA) is 56.3 Å². The van der Waals surface area contributed by atoms with Gasteiger partial charge in [0.15, 0.2) is 0 Å². The molecule has 2 rings (SSSR count). The molecule has 2 aromatic rings. The number of hydrogen-bond acceptors (Lipinski definition) is 5. The molecule has 0 amide bonds. The molecule has 0 aliphatic rings. The van der Waals surface area contributed by atoms with Gasteiger partial charge >= 0.3 is 0 Å². The van der Waals surface area contributed by atoms with Gasteiger partial charge in [-0.25, -0.2) is 9.97 Å². The van der Waals surface area contributed by atoms with E-state index in [0.717, 1.165) is 11.3 Å². The Morgan fingerprint density at radius 1 is 1.21 bits per heavy atom. The molecule has 1 aromatic heterocycles. The van der Waals surface area contributed by atoms with Crippen molar-refractivity contribution in [1.29, 1.82) is 0 Å². The lowest BCUT2D eigenvalue weighted by atomic mass is 10.2. The quantitative estimate of drug-likeness (QED) is 0.916. The van der Waals surface area contributed by atoms with Crippen molar-refractivity contribution < 1.29 is 9.47 Å². The van der Waals surface area contributed by atoms with Crippen LogP contribution in [0.3, 0.4) is 0 Å². The van der Waals surface area contributed by atoms with Gasteiger partial charge in [0.05, 0.1) is 7.11 Å². The summed E-state index contributed by atoms with van der Waals surface area (Å²) in [5, 5.41) is 2.95. The fourth-order valence-electron chi connectivity index (χ4n) is 1.50. The number of nitrogens with zero attached hydrogens (tertiary/aromatic N) is 2. The predicted octanol–water partition coefficient (Wildman–Crippen LogP) is 2.87. The molecule has 5 nitrogen and oxygen atoms in total. The average molecular weight is 324 g/mol. The van der Waals surface area contributed by atoms with Gasteiger partial charge in [0, 0.05) is 7.05 Å². The fraction of sp³-hybridized carbons (Fsp3) is 0.231. The highest BCUT2D eigenvalue weighted by molar-refractivity contribution is 9.10. The minimum Gasteiger partial charge on any atom is -0.497 e. The third-order valence-corrected chi connectivity index (χ3v) is 3.24. The van der Waals surface area contributed by atoms with Crippen LogP contribution >= 0.6 is 15.9 Å². The monoisotopic (exact) mass is 323 g/mol. The van der Waals surface area contributed by atoms with Crippen LogP contribution in [0.5, 0.6) is 11.6 Å². The average Bonchev–Trinajstić information content (AvgIpc) is 2.47. The molecule has 100 valence electrons. The standard InChI is InChI=1S/C13H14BrN3O2/c1-15-12-11(14)13(17-8-16-12)19-7-9-3-5-10(18-2)6-4-9/h3-6,8H,7H2,1-2H3,(H,15,16,17). The molecule has 1 heterocycles. The molecule has 0 saturated carbocycles. The summed E-state index contributed by atoms with van der Waals surface area (Å²) in [4.78, 5) is 8.16. The van der Waals surface area contributed by atoms with Gasteiger partial charge in [-0.2, -0.15) is 0 Å². The number of hydrogen-bond donors (Lipinski definition) is 1. The number of nitrogens with one attached hydrogen (secondary N) is 1. The molecule has 0 bridgehead atoms. The minimum atomic E-state index is 0.433. The Morgan fingerprint density at radius 2 is 1.95 bits per heavy atom. The fourth-order valence-corrected chi connectivity index (χ4v) is 2.02. The van der Waals surface area contributed by atoms with E-state index < -0.39 is 0 Å². The highest BCUT2D eigenvalue weighted by Crippen LogP contribution is 2.28. The van der Waals surface area contributed by atoms with Gasteiger partial charge in [0.25, 0.3) is 0 Å². The largest absolute Gasteiger partial charge is 0.497 e. The van der Waals surface area contributed by atoms with Crippen molar-refractivity contribution in [2.75, 3.05) is 19.5 Å². The van der Waals surface area contributed by atoms with Gasteiger partial charge < -0.3 is 14.8 Å². The van der Waals surface area contributed by atoms with Crippen LogP contribution < -0.4 is 14.8 Å². The normalized spacial score (nSPS) is 10.1. The Labute approximate surface area is 120 Å². The van der Waals surface area contributed by atoms with Crippen LogP contribution in [-0.2, 0) is 6.61 Å². The summed E-state index contributed by atoms with van der Waals surface area (Å²) in [7, 11) is 3.43. The van der Waals surface area contributed by atoms with Gasteiger partial charge in [-0.15, -0.1) is 0 Å². The first-order valence-corrected chi connectivity index (χ1v) is 6.48. The molecule has 0 atom stereocenters. The van der Waals surface area contributed by atoms with Crippen molar-refractivity contribution in [3.63, 3.8) is 0 Å². The van der Waals surface area contributed by atoms with E-state index in [1.807, 2.05) is 24.3 Å². The van der Waals surface area contributed by atoms with Gasteiger partial charge in [-0.05, 0) is 33.6 Å². The summed E-state index contributed by atoms with van der Waals surface area (Å²) in [5.74, 6) is 2.03. The van der Waals surface area contributed by atoms with Gasteiger partial charge in [0.1, 0.15) is 29.0 Å². The van der Waals surface area contributed by atoms with E-state index in [1.165, 1.54) is 6.33 Å². The second-order valence-electron chi connectivity index (χ2n) is 3.73. The van der Waals surface area contributed by atoms with Crippen molar-refractivity contribution in [2.24, 2.45) is 0 Å². The minimum absolute atomic E-state index is 0.433. The van der Waals surface area contributed by atoms with Gasteiger partial charge in [-0.3, -0.25) is 0 Å². The van der Waals surface area contributed by atoms with E-state index in [-0.39, 0.29) is 0 Å². The zero-order chi connectivity index (χ0) is 13.7. The summed E-state index contributed by atoms with van der Waals surface area (Å²) < 4.78 is 11.5. The highest BCUT2D eigenvalue weighted by Gasteiger charge is 2.08. The lowest BCUT2D eigenvalue weighted by Gasteiger charge is -2.09. The molecule has 19 heavy (non-hydrogen) atoms. The molecule has 0 aliphatic carbocycles. The molecule has 6 heteroatoms. The van der Waals surface area contributed by atoms with Crippen LogP contribution in [0, 0.1) is 0 Å². The van der Waals surface area contributed by atoms with E-state index >= 15 is 0 Å². The summed E-state index contributed by atoms with van der Waals surface area (Å²) >= 11 is 3.41. The summed E-state index contributed by atoms with van der Waals surface area (Å²) in [5.41, 5.74) is 1.04. The number of ether oxygens (including phenoxy) is 2. The highest BCUT2D eigenvalue weighted by atomic mass is 79.9. The molecule has 0 fully saturated rings. The molecule has 1 aromatic carbocycles. The third-order valence-electron chi connectivity index (χ3n) is 2.53. The van der Waals surface area contributed by atoms with Crippen molar-refractivity contribution in [3.8, 4) is 11.6 Å². The van der Waals surface area contributed by atoms with Crippen LogP contribution in [0.2, 0.25) is 0 Å². The van der Waals surface area contributed by atoms with Gasteiger partial charge in [-0.1, -0.05) is 12.1 Å². The van der Waals surface area contributed by atoms with Gasteiger partial charge in [0.2, 0.25) is 5.88 Å². The summed E-state index contributed by atoms with van der Waals surface area (Å²) in [6.45, 7) is 0.433. The molecular weight excluding hydrogens is 310 g/mol. The summed E-state index contributed by atoms with van der Waals surface area (Å²) in [6, 6.07) is 7.69. The van der Waals surface area contributed by atoms with Crippen molar-refractivity contribution in [3.05, 3.63) is 40.6 Å². The Bertz CT molecular complexity index is 546. The Kier molecular flexibility index (Phi) is 4.57. The van der Waals surface area contributed by atoms with E-state index in [0.29, 0.717) is 22.8 Å². The van der Waals surface area contributed by atoms with Crippen molar-refractivity contribution >= 4 is 21.7 Å². The SMILES string of the molecule is CNc1ncnc(OCc2ccc(OC)cc2)c1Br. The maximum absolute atomic E-state index is 5.66. The van der Waals surface area contributed by atoms with Crippen LogP contribution in [-0.4, -0.2) is 24.1 Å². The van der Waals surface area contributed by atoms with Crippen LogP contribution in [0.4, 0.5) is 5.82 Å². The van der Waals surface area contributed by atoms with E-state index in [9.17, 15) is 0 Å². The lowest BCUT2D eigenvalue weighted by molar-refractivity contribution is 0.291. The van der Waals surface area contributed by atoms with E-state index in [1.54, 1.807) is 14.2 Å². The molecular formula is C13H14BrN3O2. The molecule has 0 radical (unpaired) electrons. The second kappa shape index (κ2) is 6.38. The third kappa shape index (κ3) is 3.35. The Balaban J connectivity index is 2.05. The van der Waals surface area contributed by atoms with Crippen molar-refractivity contribution in [2.45, 2.75) is 6.61 Å². The van der Waals surface area contributed by atoms with Crippen LogP contribution in [0.15, 0.2) is 35.1 Å². The Morgan fingerprint density at radius 3 is 2.58 bits per heavy atom. The number of halogens is 1. The molecule has 0 spiro atoms. The predicted molar refractivity (Wildman–Crippen MR) is 76.6 cm³/mol. The maximum Gasteiger partial charge on any atom is 0.233 e. The van der Waals surface area contributed by atoms with E-state index in [4.69, 9.17) is 9.47 Å². The van der Waals surface area contributed by atoms with Crippen LogP contribution in [0.1, 0.15) is 5.56 Å². The first-order chi connectivity index (χ1) is 9.24. The number of aromatic nitrogens is 2. The zero-order valence-electron chi connectivity index (χ0n) is 10.7. The lowest BCUT2D eigenvalue weighted by Crippen LogP contribution is -2.01. The number of anilines is 1. The number of benzene rings is 1. The number of methoxy groups -OCH3 is 1. The first kappa shape index (κ1) is 13.6. The maximum atomic E-state index is 5.66. The number of rotatable bonds is 5. The smallest absolute Gasteiger partial charge is 0.233 e. The second-order valence-corrected chi connectivity index (χ2v) is 4.52. The molecule has 1 N–H and O–H groups in total. The molecule has 0 saturated heterocycles. The van der Waals surface area contributed by atoms with Crippen molar-refractivity contribution in [1.82, 2.24) is 9.97 Å². The molecule has 0 aliphatic heterocycles. The van der Waals surface area contributed by atoms with E-state index in [2.05, 4.69) is 31.2 Å². The molecule has 0 unspecified atom stereocenters. The summed E-state index contributed by atoms with van der Waals surface area (Å²) in [6.07, 6.45) is 1.46. The first-order valence-electron chi connectivity index (χ1n) is 5.68. The Hall–Kier alpha value is -1.82. The van der Waals surface area contributed by atoms with Crippen LogP contribution in [0.25, 0.3) is 0 Å². The zero-order valence-corrected chi connectivity index (χ0v) is 12.3.